The first-order valence-corrected chi connectivity index (χ1v) is 10.2. The molecule has 0 heterocycles. The van der Waals surface area contributed by atoms with Gasteiger partial charge in [-0.3, -0.25) is 9.59 Å². The molecule has 0 aromatic heterocycles. The van der Waals surface area contributed by atoms with Crippen LogP contribution in [0.1, 0.15) is 44.2 Å². The highest BCUT2D eigenvalue weighted by Gasteiger charge is 2.23. The molecule has 0 aliphatic heterocycles. The molecule has 0 saturated heterocycles. The summed E-state index contributed by atoms with van der Waals surface area (Å²) in [7, 11) is 0. The quantitative estimate of drug-likeness (QED) is 0.429. The van der Waals surface area contributed by atoms with Crippen molar-refractivity contribution in [2.75, 3.05) is 6.61 Å². The van der Waals surface area contributed by atoms with Gasteiger partial charge in [0.2, 0.25) is 0 Å². The molecule has 5 heteroatoms. The van der Waals surface area contributed by atoms with Gasteiger partial charge in [-0.25, -0.2) is 0 Å². The fourth-order valence-corrected chi connectivity index (χ4v) is 2.82. The fraction of sp³-hybridized carbons (Fsp3) is 0.417. The maximum atomic E-state index is 12.6. The van der Waals surface area contributed by atoms with E-state index in [9.17, 15) is 9.59 Å². The lowest BCUT2D eigenvalue weighted by Crippen LogP contribution is -2.37. The van der Waals surface area contributed by atoms with E-state index in [1.54, 1.807) is 0 Å². The summed E-state index contributed by atoms with van der Waals surface area (Å²) in [6.07, 6.45) is 0.558. The Hall–Kier alpha value is -2.66. The molecule has 1 atom stereocenters. The molecule has 1 amide bonds. The molecule has 1 N–H and O–H groups in total. The number of carbonyl (C=O) groups is 2. The standard InChI is InChI=1S/C24H31NO4/c1-19(2)16-23(26)29-22(24(27)25-17-20-10-5-3-6-11-20)14-9-15-28-18-21-12-7-4-8-13-21/h3-8,10-13,19,22H,9,14-18H2,1-2H3,(H,25,27). The summed E-state index contributed by atoms with van der Waals surface area (Å²) in [5.74, 6) is -0.427. The van der Waals surface area contributed by atoms with Crippen molar-refractivity contribution < 1.29 is 19.1 Å². The Morgan fingerprint density at radius 1 is 0.931 bits per heavy atom. The summed E-state index contributed by atoms with van der Waals surface area (Å²) in [6.45, 7) is 5.33. The molecule has 2 aromatic carbocycles. The van der Waals surface area contributed by atoms with Crippen LogP contribution in [0.5, 0.6) is 0 Å². The molecule has 156 valence electrons. The molecule has 5 nitrogen and oxygen atoms in total. The predicted molar refractivity (Wildman–Crippen MR) is 113 cm³/mol. The first-order valence-electron chi connectivity index (χ1n) is 10.2. The van der Waals surface area contributed by atoms with Crippen molar-refractivity contribution in [3.63, 3.8) is 0 Å². The largest absolute Gasteiger partial charge is 0.452 e. The Morgan fingerprint density at radius 2 is 1.55 bits per heavy atom. The Bertz CT molecular complexity index is 731. The van der Waals surface area contributed by atoms with E-state index in [0.717, 1.165) is 11.1 Å². The zero-order chi connectivity index (χ0) is 20.9. The van der Waals surface area contributed by atoms with Gasteiger partial charge in [0.1, 0.15) is 0 Å². The number of ether oxygens (including phenoxy) is 2. The van der Waals surface area contributed by atoms with Crippen LogP contribution in [0.2, 0.25) is 0 Å². The molecular formula is C24H31NO4. The van der Waals surface area contributed by atoms with Gasteiger partial charge in [-0.1, -0.05) is 74.5 Å². The second-order valence-corrected chi connectivity index (χ2v) is 7.46. The van der Waals surface area contributed by atoms with Crippen molar-refractivity contribution in [3.8, 4) is 0 Å². The van der Waals surface area contributed by atoms with E-state index in [1.807, 2.05) is 74.5 Å². The maximum absolute atomic E-state index is 12.6. The number of amides is 1. The normalized spacial score (nSPS) is 11.8. The number of esters is 1. The monoisotopic (exact) mass is 397 g/mol. The van der Waals surface area contributed by atoms with Gasteiger partial charge < -0.3 is 14.8 Å². The summed E-state index contributed by atoms with van der Waals surface area (Å²) in [6, 6.07) is 19.6. The van der Waals surface area contributed by atoms with Crippen LogP contribution in [-0.4, -0.2) is 24.6 Å². The second kappa shape index (κ2) is 12.7. The van der Waals surface area contributed by atoms with Crippen LogP contribution < -0.4 is 5.32 Å². The summed E-state index contributed by atoms with van der Waals surface area (Å²) >= 11 is 0. The average Bonchev–Trinajstić information content (AvgIpc) is 2.72. The zero-order valence-corrected chi connectivity index (χ0v) is 17.3. The number of benzene rings is 2. The third-order valence-electron chi connectivity index (χ3n) is 4.32. The summed E-state index contributed by atoms with van der Waals surface area (Å²) in [4.78, 5) is 24.7. The first-order chi connectivity index (χ1) is 14.0. The molecule has 0 radical (unpaired) electrons. The van der Waals surface area contributed by atoms with Crippen molar-refractivity contribution >= 4 is 11.9 Å². The van der Waals surface area contributed by atoms with Gasteiger partial charge in [0.05, 0.1) is 6.61 Å². The van der Waals surface area contributed by atoms with Gasteiger partial charge in [0, 0.05) is 19.6 Å². The third kappa shape index (κ3) is 9.39. The molecule has 2 aromatic rings. The molecule has 0 bridgehead atoms. The van der Waals surface area contributed by atoms with E-state index in [1.165, 1.54) is 0 Å². The van der Waals surface area contributed by atoms with Crippen LogP contribution in [-0.2, 0) is 32.2 Å². The van der Waals surface area contributed by atoms with Crippen molar-refractivity contribution in [2.24, 2.45) is 5.92 Å². The van der Waals surface area contributed by atoms with Crippen molar-refractivity contribution in [1.29, 1.82) is 0 Å². The molecule has 1 unspecified atom stereocenters. The molecule has 0 saturated carbocycles. The van der Waals surface area contributed by atoms with Crippen molar-refractivity contribution in [3.05, 3.63) is 71.8 Å². The highest BCUT2D eigenvalue weighted by Crippen LogP contribution is 2.10. The van der Waals surface area contributed by atoms with E-state index in [-0.39, 0.29) is 17.8 Å². The minimum absolute atomic E-state index is 0.185. The number of hydrogen-bond acceptors (Lipinski definition) is 4. The van der Waals surface area contributed by atoms with Crippen LogP contribution in [0.3, 0.4) is 0 Å². The molecule has 29 heavy (non-hydrogen) atoms. The Kier molecular flexibility index (Phi) is 9.93. The Morgan fingerprint density at radius 3 is 2.17 bits per heavy atom. The van der Waals surface area contributed by atoms with E-state index in [2.05, 4.69) is 5.32 Å². The number of hydrogen-bond donors (Lipinski definition) is 1. The average molecular weight is 398 g/mol. The SMILES string of the molecule is CC(C)CC(=O)OC(CCCOCc1ccccc1)C(=O)NCc1ccccc1. The Labute approximate surface area is 173 Å². The minimum Gasteiger partial charge on any atom is -0.452 e. The highest BCUT2D eigenvalue weighted by molar-refractivity contribution is 5.83. The topological polar surface area (TPSA) is 64.6 Å². The van der Waals surface area contributed by atoms with Crippen LogP contribution in [0, 0.1) is 5.92 Å². The van der Waals surface area contributed by atoms with E-state index in [4.69, 9.17) is 9.47 Å². The zero-order valence-electron chi connectivity index (χ0n) is 17.3. The molecule has 2 rings (SSSR count). The third-order valence-corrected chi connectivity index (χ3v) is 4.32. The minimum atomic E-state index is -0.801. The van der Waals surface area contributed by atoms with E-state index in [0.29, 0.717) is 39.0 Å². The molecule has 0 aliphatic carbocycles. The number of nitrogens with one attached hydrogen (secondary N) is 1. The molecular weight excluding hydrogens is 366 g/mol. The van der Waals surface area contributed by atoms with Crippen LogP contribution in [0.15, 0.2) is 60.7 Å². The number of carbonyl (C=O) groups excluding carboxylic acids is 2. The predicted octanol–water partition coefficient (Wildman–Crippen LogP) is 4.26. The van der Waals surface area contributed by atoms with Crippen LogP contribution in [0.4, 0.5) is 0 Å². The Balaban J connectivity index is 1.81. The molecule has 0 aliphatic rings. The van der Waals surface area contributed by atoms with Gasteiger partial charge in [0.25, 0.3) is 5.91 Å². The lowest BCUT2D eigenvalue weighted by molar-refractivity contribution is -0.157. The molecule has 0 spiro atoms. The van der Waals surface area contributed by atoms with Crippen molar-refractivity contribution in [1.82, 2.24) is 5.32 Å². The van der Waals surface area contributed by atoms with Crippen LogP contribution in [0.25, 0.3) is 0 Å². The first kappa shape index (κ1) is 22.6. The van der Waals surface area contributed by atoms with Gasteiger partial charge in [-0.05, 0) is 29.9 Å². The summed E-state index contributed by atoms with van der Waals surface area (Å²) < 4.78 is 11.1. The van der Waals surface area contributed by atoms with Crippen molar-refractivity contribution in [2.45, 2.75) is 52.4 Å². The molecule has 0 fully saturated rings. The highest BCUT2D eigenvalue weighted by atomic mass is 16.5. The van der Waals surface area contributed by atoms with E-state index >= 15 is 0 Å². The number of rotatable bonds is 12. The smallest absolute Gasteiger partial charge is 0.306 e. The lowest BCUT2D eigenvalue weighted by Gasteiger charge is -2.18. The summed E-state index contributed by atoms with van der Waals surface area (Å²) in [5, 5.41) is 2.87. The van der Waals surface area contributed by atoms with Gasteiger partial charge >= 0.3 is 5.97 Å². The van der Waals surface area contributed by atoms with Gasteiger partial charge in [0.15, 0.2) is 6.10 Å². The van der Waals surface area contributed by atoms with Gasteiger partial charge in [-0.15, -0.1) is 0 Å². The van der Waals surface area contributed by atoms with Crippen LogP contribution >= 0.6 is 0 Å². The van der Waals surface area contributed by atoms with E-state index < -0.39 is 6.10 Å². The summed E-state index contributed by atoms with van der Waals surface area (Å²) in [5.41, 5.74) is 2.10. The van der Waals surface area contributed by atoms with Gasteiger partial charge in [-0.2, -0.15) is 0 Å². The lowest BCUT2D eigenvalue weighted by atomic mass is 10.1. The second-order valence-electron chi connectivity index (χ2n) is 7.46. The fourth-order valence-electron chi connectivity index (χ4n) is 2.82. The maximum Gasteiger partial charge on any atom is 0.306 e.